The van der Waals surface area contributed by atoms with E-state index < -0.39 is 0 Å². The summed E-state index contributed by atoms with van der Waals surface area (Å²) in [5.41, 5.74) is 1.13. The van der Waals surface area contributed by atoms with Crippen molar-refractivity contribution in [1.82, 2.24) is 5.06 Å². The number of nitro benzene ring substituents is 1. The largest absolute Gasteiger partial charge is 0.270 e. The van der Waals surface area contributed by atoms with Gasteiger partial charge in [-0.3, -0.25) is 15.0 Å². The lowest BCUT2D eigenvalue weighted by atomic mass is 9.95. The van der Waals surface area contributed by atoms with Crippen molar-refractivity contribution in [3.63, 3.8) is 0 Å². The summed E-state index contributed by atoms with van der Waals surface area (Å²) in [6.45, 7) is 0. The fourth-order valence-electron chi connectivity index (χ4n) is 2.67. The van der Waals surface area contributed by atoms with Crippen molar-refractivity contribution in [3.05, 3.63) is 39.9 Å². The van der Waals surface area contributed by atoms with Crippen LogP contribution in [0.3, 0.4) is 0 Å². The highest BCUT2D eigenvalue weighted by Gasteiger charge is 2.43. The topological polar surface area (TPSA) is 58.7 Å². The lowest BCUT2D eigenvalue weighted by Gasteiger charge is -2.20. The highest BCUT2D eigenvalue weighted by Crippen LogP contribution is 2.43. The first kappa shape index (κ1) is 11.6. The standard InChI is InChI=1S/C13H16N2O3/c16-15(17)12-8-6-10(7-9-12)13-14(18-13)11-4-2-1-3-5-11/h6-9,11,13H,1-5H2. The Hall–Kier alpha value is -1.46. The third kappa shape index (κ3) is 2.23. The number of hydrogen-bond acceptors (Lipinski definition) is 4. The van der Waals surface area contributed by atoms with Gasteiger partial charge in [0.25, 0.3) is 5.69 Å². The second kappa shape index (κ2) is 4.66. The average molecular weight is 248 g/mol. The number of nitrogens with zero attached hydrogens (tertiary/aromatic N) is 2. The van der Waals surface area contributed by atoms with Crippen LogP contribution in [0.4, 0.5) is 5.69 Å². The van der Waals surface area contributed by atoms with Crippen LogP contribution in [0.25, 0.3) is 0 Å². The normalized spacial score (nSPS) is 28.0. The minimum Gasteiger partial charge on any atom is -0.270 e. The number of non-ortho nitro benzene ring substituents is 1. The fraction of sp³-hybridized carbons (Fsp3) is 0.538. The average Bonchev–Trinajstić information content (AvgIpc) is 3.20. The molecule has 0 N–H and O–H groups in total. The van der Waals surface area contributed by atoms with E-state index in [9.17, 15) is 10.1 Å². The predicted molar refractivity (Wildman–Crippen MR) is 65.6 cm³/mol. The van der Waals surface area contributed by atoms with E-state index in [1.807, 2.05) is 5.06 Å². The molecule has 96 valence electrons. The third-order valence-corrected chi connectivity index (χ3v) is 3.73. The first-order valence-corrected chi connectivity index (χ1v) is 6.45. The SMILES string of the molecule is O=[N+]([O-])c1ccc(C2ON2C2CCCCC2)cc1. The van der Waals surface area contributed by atoms with Crippen LogP contribution < -0.4 is 0 Å². The lowest BCUT2D eigenvalue weighted by Crippen LogP contribution is -2.21. The van der Waals surface area contributed by atoms with Crippen molar-refractivity contribution < 1.29 is 9.76 Å². The molecule has 5 heteroatoms. The Kier molecular flexibility index (Phi) is 3.01. The van der Waals surface area contributed by atoms with Gasteiger partial charge in [0, 0.05) is 23.7 Å². The summed E-state index contributed by atoms with van der Waals surface area (Å²) in [6, 6.07) is 7.17. The second-order valence-electron chi connectivity index (χ2n) is 4.96. The van der Waals surface area contributed by atoms with E-state index in [1.54, 1.807) is 12.1 Å². The van der Waals surface area contributed by atoms with Crippen LogP contribution in [0.5, 0.6) is 0 Å². The zero-order valence-corrected chi connectivity index (χ0v) is 10.1. The highest BCUT2D eigenvalue weighted by atomic mass is 16.8. The molecule has 1 aromatic rings. The van der Waals surface area contributed by atoms with Crippen LogP contribution in [-0.2, 0) is 4.84 Å². The van der Waals surface area contributed by atoms with Crippen LogP contribution in [-0.4, -0.2) is 16.0 Å². The Morgan fingerprint density at radius 2 is 1.83 bits per heavy atom. The van der Waals surface area contributed by atoms with Crippen LogP contribution in [0.2, 0.25) is 0 Å². The van der Waals surface area contributed by atoms with Crippen molar-refractivity contribution in [2.24, 2.45) is 0 Å². The zero-order valence-electron chi connectivity index (χ0n) is 10.1. The van der Waals surface area contributed by atoms with E-state index in [2.05, 4.69) is 0 Å². The zero-order chi connectivity index (χ0) is 12.5. The van der Waals surface area contributed by atoms with E-state index >= 15 is 0 Å². The molecule has 1 saturated carbocycles. The van der Waals surface area contributed by atoms with Crippen LogP contribution in [0.15, 0.2) is 24.3 Å². The molecule has 1 saturated heterocycles. The van der Waals surface area contributed by atoms with E-state index in [0.717, 1.165) is 5.56 Å². The summed E-state index contributed by atoms with van der Waals surface area (Å²) in [5, 5.41) is 12.6. The molecular formula is C13H16N2O3. The first-order valence-electron chi connectivity index (χ1n) is 6.45. The quantitative estimate of drug-likeness (QED) is 0.468. The Bertz CT molecular complexity index is 440. The Morgan fingerprint density at radius 1 is 1.17 bits per heavy atom. The summed E-state index contributed by atoms with van der Waals surface area (Å²) in [6.07, 6.45) is 6.28. The predicted octanol–water partition coefficient (Wildman–Crippen LogP) is 3.17. The molecule has 18 heavy (non-hydrogen) atoms. The highest BCUT2D eigenvalue weighted by molar-refractivity contribution is 5.34. The van der Waals surface area contributed by atoms with Gasteiger partial charge in [0.15, 0.2) is 6.23 Å². The Balaban J connectivity index is 1.64. The summed E-state index contributed by atoms with van der Waals surface area (Å²) in [5.74, 6) is 0. The maximum absolute atomic E-state index is 10.6. The molecule has 0 aromatic heterocycles. The molecule has 0 radical (unpaired) electrons. The van der Waals surface area contributed by atoms with Gasteiger partial charge >= 0.3 is 0 Å². The minimum atomic E-state index is -0.379. The van der Waals surface area contributed by atoms with Gasteiger partial charge < -0.3 is 0 Å². The van der Waals surface area contributed by atoms with Gasteiger partial charge in [0.2, 0.25) is 0 Å². The number of hydrogen-bond donors (Lipinski definition) is 0. The number of benzene rings is 1. The van der Waals surface area contributed by atoms with Gasteiger partial charge in [0.1, 0.15) is 0 Å². The molecule has 2 aliphatic rings. The van der Waals surface area contributed by atoms with Gasteiger partial charge in [0.05, 0.1) is 4.92 Å². The molecule has 2 fully saturated rings. The maximum Gasteiger partial charge on any atom is 0.269 e. The molecule has 1 heterocycles. The molecule has 2 unspecified atom stereocenters. The van der Waals surface area contributed by atoms with Crippen molar-refractivity contribution in [2.45, 2.75) is 44.4 Å². The second-order valence-corrected chi connectivity index (χ2v) is 4.96. The van der Waals surface area contributed by atoms with Crippen LogP contribution >= 0.6 is 0 Å². The van der Waals surface area contributed by atoms with Gasteiger partial charge in [-0.25, -0.2) is 0 Å². The monoisotopic (exact) mass is 248 g/mol. The van der Waals surface area contributed by atoms with Crippen LogP contribution in [0.1, 0.15) is 43.9 Å². The van der Waals surface area contributed by atoms with E-state index in [1.165, 1.54) is 44.2 Å². The van der Waals surface area contributed by atoms with Crippen molar-refractivity contribution >= 4 is 5.69 Å². The van der Waals surface area contributed by atoms with Crippen molar-refractivity contribution in [3.8, 4) is 0 Å². The molecule has 0 bridgehead atoms. The molecule has 0 amide bonds. The van der Waals surface area contributed by atoms with E-state index in [0.29, 0.717) is 6.04 Å². The molecule has 1 aliphatic heterocycles. The smallest absolute Gasteiger partial charge is 0.269 e. The van der Waals surface area contributed by atoms with Crippen molar-refractivity contribution in [2.75, 3.05) is 0 Å². The van der Waals surface area contributed by atoms with Gasteiger partial charge in [-0.15, -0.1) is 5.06 Å². The lowest BCUT2D eigenvalue weighted by molar-refractivity contribution is -0.384. The van der Waals surface area contributed by atoms with Gasteiger partial charge in [-0.2, -0.15) is 0 Å². The van der Waals surface area contributed by atoms with Crippen LogP contribution in [0, 0.1) is 10.1 Å². The third-order valence-electron chi connectivity index (χ3n) is 3.73. The number of rotatable bonds is 3. The molecule has 1 aliphatic carbocycles. The summed E-state index contributed by atoms with van der Waals surface area (Å²) in [4.78, 5) is 15.8. The van der Waals surface area contributed by atoms with Gasteiger partial charge in [-0.1, -0.05) is 19.3 Å². The van der Waals surface area contributed by atoms with E-state index in [4.69, 9.17) is 4.84 Å². The molecule has 3 rings (SSSR count). The Labute approximate surface area is 105 Å². The molecule has 5 nitrogen and oxygen atoms in total. The summed E-state index contributed by atoms with van der Waals surface area (Å²) in [7, 11) is 0. The molecular weight excluding hydrogens is 232 g/mol. The number of nitro groups is 1. The minimum absolute atomic E-state index is 0.00824. The summed E-state index contributed by atoms with van der Waals surface area (Å²) >= 11 is 0. The molecule has 2 atom stereocenters. The van der Waals surface area contributed by atoms with Gasteiger partial charge in [-0.05, 0) is 25.0 Å². The number of hydroxylamine groups is 2. The summed E-state index contributed by atoms with van der Waals surface area (Å²) < 4.78 is 0. The van der Waals surface area contributed by atoms with Crippen molar-refractivity contribution in [1.29, 1.82) is 0 Å². The first-order chi connectivity index (χ1) is 8.75. The molecule has 1 aromatic carbocycles. The maximum atomic E-state index is 10.6. The molecule has 0 spiro atoms. The fourth-order valence-corrected chi connectivity index (χ4v) is 2.67. The Morgan fingerprint density at radius 3 is 2.44 bits per heavy atom. The van der Waals surface area contributed by atoms with E-state index in [-0.39, 0.29) is 16.8 Å².